The highest BCUT2D eigenvalue weighted by Gasteiger charge is 2.16. The molecule has 1 aromatic heterocycles. The summed E-state index contributed by atoms with van der Waals surface area (Å²) in [5.41, 5.74) is 0. The Bertz CT molecular complexity index is 831. The van der Waals surface area contributed by atoms with Gasteiger partial charge in [0.2, 0.25) is 15.2 Å². The minimum atomic E-state index is -3.70. The summed E-state index contributed by atoms with van der Waals surface area (Å²) in [7, 11) is -6.95. The van der Waals surface area contributed by atoms with Crippen molar-refractivity contribution in [2.45, 2.75) is 11.3 Å². The van der Waals surface area contributed by atoms with Gasteiger partial charge in [-0.25, -0.2) is 21.6 Å². The van der Waals surface area contributed by atoms with Crippen molar-refractivity contribution in [1.82, 2.24) is 14.9 Å². The van der Waals surface area contributed by atoms with Gasteiger partial charge in [0, 0.05) is 13.0 Å². The van der Waals surface area contributed by atoms with Gasteiger partial charge in [-0.15, -0.1) is 10.2 Å². The summed E-state index contributed by atoms with van der Waals surface area (Å²) in [5.74, 6) is 0. The molecule has 120 valence electrons. The zero-order valence-corrected chi connectivity index (χ0v) is 14.0. The summed E-state index contributed by atoms with van der Waals surface area (Å²) in [4.78, 5) is 0.130. The number of benzene rings is 1. The highest BCUT2D eigenvalue weighted by Crippen LogP contribution is 2.19. The maximum atomic E-state index is 12.1. The predicted octanol–water partition coefficient (Wildman–Crippen LogP) is 0.431. The highest BCUT2D eigenvalue weighted by molar-refractivity contribution is 7.93. The third kappa shape index (κ3) is 5.02. The third-order valence-corrected chi connectivity index (χ3v) is 5.56. The minimum Gasteiger partial charge on any atom is -0.253 e. The van der Waals surface area contributed by atoms with Crippen molar-refractivity contribution >= 4 is 36.5 Å². The van der Waals surface area contributed by atoms with Crippen LogP contribution in [0.15, 0.2) is 35.2 Å². The van der Waals surface area contributed by atoms with Crippen LogP contribution in [0.25, 0.3) is 0 Å². The van der Waals surface area contributed by atoms with Gasteiger partial charge >= 0.3 is 0 Å². The van der Waals surface area contributed by atoms with E-state index in [1.165, 1.54) is 12.1 Å². The van der Waals surface area contributed by atoms with Gasteiger partial charge in [0.1, 0.15) is 5.01 Å². The fraction of sp³-hybridized carbons (Fsp3) is 0.273. The lowest BCUT2D eigenvalue weighted by Gasteiger charge is -2.03. The molecule has 2 N–H and O–H groups in total. The number of sulfonamides is 2. The van der Waals surface area contributed by atoms with E-state index in [0.29, 0.717) is 11.4 Å². The van der Waals surface area contributed by atoms with Crippen molar-refractivity contribution in [3.63, 3.8) is 0 Å². The van der Waals surface area contributed by atoms with E-state index in [1.54, 1.807) is 18.2 Å². The molecule has 0 spiro atoms. The average molecular weight is 362 g/mol. The van der Waals surface area contributed by atoms with Crippen molar-refractivity contribution in [2.24, 2.45) is 0 Å². The molecule has 1 aromatic carbocycles. The van der Waals surface area contributed by atoms with Gasteiger partial charge in [0.05, 0.1) is 11.2 Å². The second kappa shape index (κ2) is 6.69. The summed E-state index contributed by atoms with van der Waals surface area (Å²) in [6, 6.07) is 7.91. The molecule has 22 heavy (non-hydrogen) atoms. The summed E-state index contributed by atoms with van der Waals surface area (Å²) < 4.78 is 50.7. The molecule has 2 rings (SSSR count). The number of aromatic nitrogens is 2. The van der Waals surface area contributed by atoms with Crippen LogP contribution in [-0.4, -0.2) is 39.8 Å². The van der Waals surface area contributed by atoms with Gasteiger partial charge in [-0.2, -0.15) is 0 Å². The fourth-order valence-corrected chi connectivity index (χ4v) is 3.98. The predicted molar refractivity (Wildman–Crippen MR) is 83.7 cm³/mol. The molecule has 0 atom stereocenters. The van der Waals surface area contributed by atoms with Crippen molar-refractivity contribution in [2.75, 3.05) is 17.5 Å². The lowest BCUT2D eigenvalue weighted by atomic mass is 10.4. The molecule has 8 nitrogen and oxygen atoms in total. The molecule has 0 aliphatic heterocycles. The molecule has 0 aliphatic rings. The molecule has 0 saturated heterocycles. The van der Waals surface area contributed by atoms with E-state index >= 15 is 0 Å². The lowest BCUT2D eigenvalue weighted by molar-refractivity contribution is 0.587. The topological polar surface area (TPSA) is 118 Å². The molecule has 0 unspecified atom stereocenters. The Kier molecular flexibility index (Phi) is 5.11. The Hall–Kier alpha value is -1.56. The molecule has 0 saturated carbocycles. The van der Waals surface area contributed by atoms with Crippen molar-refractivity contribution in [1.29, 1.82) is 0 Å². The van der Waals surface area contributed by atoms with Crippen LogP contribution < -0.4 is 9.44 Å². The normalized spacial score (nSPS) is 12.2. The van der Waals surface area contributed by atoms with Gasteiger partial charge in [-0.3, -0.25) is 4.72 Å². The Morgan fingerprint density at radius 1 is 1.09 bits per heavy atom. The summed E-state index contributed by atoms with van der Waals surface area (Å²) in [5, 5.41) is 8.23. The molecule has 0 aliphatic carbocycles. The molecule has 0 amide bonds. The van der Waals surface area contributed by atoms with Gasteiger partial charge in [0.25, 0.3) is 10.0 Å². The van der Waals surface area contributed by atoms with E-state index in [4.69, 9.17) is 0 Å². The monoisotopic (exact) mass is 362 g/mol. The average Bonchev–Trinajstić information content (AvgIpc) is 2.85. The Balaban J connectivity index is 2.00. The highest BCUT2D eigenvalue weighted by atomic mass is 32.2. The van der Waals surface area contributed by atoms with Crippen LogP contribution in [0.3, 0.4) is 0 Å². The van der Waals surface area contributed by atoms with E-state index in [1.807, 2.05) is 0 Å². The van der Waals surface area contributed by atoms with E-state index in [9.17, 15) is 16.8 Å². The molecule has 0 radical (unpaired) electrons. The number of nitrogens with zero attached hydrogens (tertiary/aromatic N) is 2. The van der Waals surface area contributed by atoms with Crippen LogP contribution in [0.1, 0.15) is 5.01 Å². The molecule has 0 bridgehead atoms. The molecular formula is C11H14N4O4S3. The number of hydrogen-bond donors (Lipinski definition) is 2. The molecule has 0 fully saturated rings. The number of nitrogens with one attached hydrogen (secondary N) is 2. The number of rotatable bonds is 7. The van der Waals surface area contributed by atoms with E-state index in [2.05, 4.69) is 19.6 Å². The third-order valence-electron chi connectivity index (χ3n) is 2.45. The van der Waals surface area contributed by atoms with Gasteiger partial charge in [-0.05, 0) is 12.1 Å². The van der Waals surface area contributed by atoms with Crippen LogP contribution in [0, 0.1) is 0 Å². The van der Waals surface area contributed by atoms with E-state index < -0.39 is 20.0 Å². The maximum Gasteiger partial charge on any atom is 0.263 e. The Morgan fingerprint density at radius 2 is 1.77 bits per heavy atom. The van der Waals surface area contributed by atoms with E-state index in [0.717, 1.165) is 17.6 Å². The number of hydrogen-bond acceptors (Lipinski definition) is 7. The van der Waals surface area contributed by atoms with Crippen LogP contribution in [0.2, 0.25) is 0 Å². The Morgan fingerprint density at radius 3 is 2.41 bits per heavy atom. The SMILES string of the molecule is CS(=O)(=O)NCCc1nnc(NS(=O)(=O)c2ccccc2)s1. The van der Waals surface area contributed by atoms with Crippen LogP contribution in [0.4, 0.5) is 5.13 Å². The standard InChI is InChI=1S/C11H14N4O4S3/c1-21(16,17)12-8-7-10-13-14-11(20-10)15-22(18,19)9-5-3-2-4-6-9/h2-6,12H,7-8H2,1H3,(H,14,15). The zero-order chi connectivity index (χ0) is 16.2. The van der Waals surface area contributed by atoms with Crippen molar-refractivity contribution in [3.05, 3.63) is 35.3 Å². The first-order chi connectivity index (χ1) is 10.3. The molecule has 11 heteroatoms. The van der Waals surface area contributed by atoms with Crippen LogP contribution in [0.5, 0.6) is 0 Å². The van der Waals surface area contributed by atoms with Gasteiger partial charge in [0.15, 0.2) is 0 Å². The number of anilines is 1. The maximum absolute atomic E-state index is 12.1. The molecular weight excluding hydrogens is 348 g/mol. The first-order valence-corrected chi connectivity index (χ1v) is 10.3. The van der Waals surface area contributed by atoms with Crippen molar-refractivity contribution < 1.29 is 16.8 Å². The first-order valence-electron chi connectivity index (χ1n) is 6.11. The second-order valence-corrected chi connectivity index (χ2v) is 8.91. The van der Waals surface area contributed by atoms with Gasteiger partial charge in [-0.1, -0.05) is 29.5 Å². The first kappa shape index (κ1) is 16.8. The second-order valence-electron chi connectivity index (χ2n) is 4.34. The van der Waals surface area contributed by atoms with E-state index in [-0.39, 0.29) is 16.6 Å². The lowest BCUT2D eigenvalue weighted by Crippen LogP contribution is -2.24. The molecule has 1 heterocycles. The largest absolute Gasteiger partial charge is 0.263 e. The zero-order valence-electron chi connectivity index (χ0n) is 11.6. The quantitative estimate of drug-likeness (QED) is 0.737. The smallest absolute Gasteiger partial charge is 0.253 e. The van der Waals surface area contributed by atoms with Crippen LogP contribution >= 0.6 is 11.3 Å². The van der Waals surface area contributed by atoms with Gasteiger partial charge < -0.3 is 0 Å². The fourth-order valence-electron chi connectivity index (χ4n) is 1.51. The van der Waals surface area contributed by atoms with Crippen molar-refractivity contribution in [3.8, 4) is 0 Å². The van der Waals surface area contributed by atoms with Crippen LogP contribution in [-0.2, 0) is 26.5 Å². The summed E-state index contributed by atoms with van der Waals surface area (Å²) in [6.07, 6.45) is 1.39. The molecule has 2 aromatic rings. The summed E-state index contributed by atoms with van der Waals surface area (Å²) >= 11 is 1.06. The Labute approximate surface area is 132 Å². The minimum absolute atomic E-state index is 0.130. The summed E-state index contributed by atoms with van der Waals surface area (Å²) in [6.45, 7) is 0.179.